The minimum Gasteiger partial charge on any atom is -0.495 e. The van der Waals surface area contributed by atoms with Crippen molar-refractivity contribution < 1.29 is 33.0 Å². The van der Waals surface area contributed by atoms with Gasteiger partial charge >= 0.3 is 5.97 Å². The molecule has 2 unspecified atom stereocenters. The van der Waals surface area contributed by atoms with Crippen molar-refractivity contribution in [2.75, 3.05) is 52.4 Å². The second-order valence-electron chi connectivity index (χ2n) is 11.0. The number of amides is 1. The fourth-order valence-corrected chi connectivity index (χ4v) is 5.54. The van der Waals surface area contributed by atoms with Gasteiger partial charge in [-0.15, -0.1) is 0 Å². The second kappa shape index (κ2) is 14.7. The molecule has 1 fully saturated rings. The predicted octanol–water partition coefficient (Wildman–Crippen LogP) is 3.28. The normalized spacial score (nSPS) is 16.7. The van der Waals surface area contributed by atoms with Crippen molar-refractivity contribution in [3.63, 3.8) is 0 Å². The highest BCUT2D eigenvalue weighted by Gasteiger charge is 2.55. The van der Waals surface area contributed by atoms with Gasteiger partial charge in [0.05, 0.1) is 31.0 Å². The smallest absolute Gasteiger partial charge is 0.326 e. The molecule has 3 N–H and O–H groups in total. The van der Waals surface area contributed by atoms with Crippen LogP contribution in [-0.2, 0) is 32.6 Å². The molecule has 1 saturated carbocycles. The van der Waals surface area contributed by atoms with Crippen molar-refractivity contribution >= 4 is 17.7 Å². The average Bonchev–Trinajstić information content (AvgIpc) is 3.80. The molecule has 0 saturated heterocycles. The lowest BCUT2D eigenvalue weighted by molar-refractivity contribution is -0.142. The number of carboxylic acid groups (broad SMARTS) is 1. The molecule has 1 aliphatic carbocycles. The van der Waals surface area contributed by atoms with E-state index in [4.69, 9.17) is 14.5 Å². The lowest BCUT2D eigenvalue weighted by Gasteiger charge is -2.28. The van der Waals surface area contributed by atoms with Crippen LogP contribution in [0, 0.1) is 5.82 Å². The van der Waals surface area contributed by atoms with E-state index in [-0.39, 0.29) is 24.3 Å². The maximum atomic E-state index is 14.7. The van der Waals surface area contributed by atoms with Crippen LogP contribution >= 0.6 is 0 Å². The zero-order valence-corrected chi connectivity index (χ0v) is 24.3. The van der Waals surface area contributed by atoms with Crippen molar-refractivity contribution in [3.05, 3.63) is 47.2 Å². The van der Waals surface area contributed by atoms with E-state index in [9.17, 15) is 23.5 Å². The summed E-state index contributed by atoms with van der Waals surface area (Å²) >= 11 is 0. The summed E-state index contributed by atoms with van der Waals surface area (Å²) in [6.45, 7) is 1.46. The van der Waals surface area contributed by atoms with E-state index >= 15 is 0 Å². The number of carbonyl (C=O) groups is 2. The van der Waals surface area contributed by atoms with Crippen LogP contribution in [0.5, 0.6) is 5.75 Å². The molecule has 2 aliphatic rings. The number of aliphatic carboxylic acids is 1. The SMILES string of the molecule is COc1cncc(F)c1C1(C(=O)NC(CCN(CCCCc2ccc3c(n2)NCCC3)CC(CF)OC)C(=O)O)CC1. The minimum absolute atomic E-state index is 0.0912. The number of carboxylic acids is 1. The number of alkyl halides is 1. The summed E-state index contributed by atoms with van der Waals surface area (Å²) in [5.41, 5.74) is 1.16. The Bertz CT molecular complexity index is 1220. The number of unbranched alkanes of at least 4 members (excludes halogenated alkanes) is 1. The number of hydrogen-bond acceptors (Lipinski definition) is 8. The zero-order valence-electron chi connectivity index (χ0n) is 24.3. The van der Waals surface area contributed by atoms with E-state index in [2.05, 4.69) is 27.8 Å². The zero-order chi connectivity index (χ0) is 30.1. The minimum atomic E-state index is -1.20. The fourth-order valence-electron chi connectivity index (χ4n) is 5.54. The molecular weight excluding hydrogens is 548 g/mol. The maximum absolute atomic E-state index is 14.7. The Morgan fingerprint density at radius 3 is 2.71 bits per heavy atom. The monoisotopic (exact) mass is 589 g/mol. The third kappa shape index (κ3) is 7.71. The Hall–Kier alpha value is -3.38. The van der Waals surface area contributed by atoms with Crippen LogP contribution in [0.1, 0.15) is 55.3 Å². The summed E-state index contributed by atoms with van der Waals surface area (Å²) in [5, 5.41) is 15.9. The quantitative estimate of drug-likeness (QED) is 0.238. The molecule has 0 bridgehead atoms. The summed E-state index contributed by atoms with van der Waals surface area (Å²) in [7, 11) is 2.81. The van der Waals surface area contributed by atoms with Gasteiger partial charge in [-0.1, -0.05) is 6.07 Å². The van der Waals surface area contributed by atoms with Crippen molar-refractivity contribution in [2.45, 2.75) is 68.9 Å². The van der Waals surface area contributed by atoms with E-state index in [1.54, 1.807) is 0 Å². The fraction of sp³-hybridized carbons (Fsp3) is 0.600. The summed E-state index contributed by atoms with van der Waals surface area (Å²) in [6.07, 6.45) is 7.14. The number of halogens is 2. The number of methoxy groups -OCH3 is 2. The largest absolute Gasteiger partial charge is 0.495 e. The average molecular weight is 590 g/mol. The Kier molecular flexibility index (Phi) is 11.0. The molecule has 42 heavy (non-hydrogen) atoms. The molecule has 2 atom stereocenters. The van der Waals surface area contributed by atoms with Gasteiger partial charge in [0.15, 0.2) is 0 Å². The lowest BCUT2D eigenvalue weighted by Crippen LogP contribution is -2.48. The summed E-state index contributed by atoms with van der Waals surface area (Å²) in [4.78, 5) is 35.9. The van der Waals surface area contributed by atoms with Crippen LogP contribution in [-0.4, -0.2) is 91.1 Å². The van der Waals surface area contributed by atoms with E-state index in [1.807, 2.05) is 4.90 Å². The Morgan fingerprint density at radius 1 is 1.21 bits per heavy atom. The summed E-state index contributed by atoms with van der Waals surface area (Å²) < 4.78 is 38.7. The van der Waals surface area contributed by atoms with E-state index in [0.717, 1.165) is 56.4 Å². The van der Waals surface area contributed by atoms with Crippen molar-refractivity contribution in [2.24, 2.45) is 0 Å². The topological polar surface area (TPSA) is 126 Å². The van der Waals surface area contributed by atoms with Gasteiger partial charge in [-0.05, 0) is 69.5 Å². The molecule has 2 aromatic heterocycles. The van der Waals surface area contributed by atoms with Crippen LogP contribution in [0.2, 0.25) is 0 Å². The van der Waals surface area contributed by atoms with Crippen LogP contribution < -0.4 is 15.4 Å². The van der Waals surface area contributed by atoms with E-state index < -0.39 is 41.9 Å². The van der Waals surface area contributed by atoms with Gasteiger partial charge in [0, 0.05) is 38.0 Å². The van der Waals surface area contributed by atoms with Gasteiger partial charge < -0.3 is 30.1 Å². The van der Waals surface area contributed by atoms with Gasteiger partial charge in [-0.2, -0.15) is 0 Å². The summed E-state index contributed by atoms with van der Waals surface area (Å²) in [5.74, 6) is -1.30. The van der Waals surface area contributed by atoms with Crippen molar-refractivity contribution in [3.8, 4) is 5.75 Å². The number of nitrogens with zero attached hydrogens (tertiary/aromatic N) is 3. The molecule has 230 valence electrons. The van der Waals surface area contributed by atoms with E-state index in [1.165, 1.54) is 26.0 Å². The third-order valence-corrected chi connectivity index (χ3v) is 8.16. The number of carbonyl (C=O) groups excluding carboxylic acids is 1. The molecule has 0 aromatic carbocycles. The predicted molar refractivity (Wildman–Crippen MR) is 153 cm³/mol. The number of anilines is 1. The van der Waals surface area contributed by atoms with Crippen molar-refractivity contribution in [1.29, 1.82) is 0 Å². The Labute approximate surface area is 245 Å². The molecule has 1 amide bonds. The first kappa shape index (κ1) is 31.6. The number of nitrogens with one attached hydrogen (secondary N) is 2. The number of ether oxygens (including phenoxy) is 2. The highest BCUT2D eigenvalue weighted by atomic mass is 19.1. The maximum Gasteiger partial charge on any atom is 0.326 e. The van der Waals surface area contributed by atoms with E-state index in [0.29, 0.717) is 25.9 Å². The van der Waals surface area contributed by atoms with Crippen LogP contribution in [0.4, 0.5) is 14.6 Å². The first-order valence-electron chi connectivity index (χ1n) is 14.6. The van der Waals surface area contributed by atoms with Gasteiger partial charge in [-0.25, -0.2) is 18.6 Å². The van der Waals surface area contributed by atoms with Gasteiger partial charge in [0.2, 0.25) is 5.91 Å². The number of fused-ring (bicyclic) bond motifs is 1. The number of rotatable bonds is 17. The Morgan fingerprint density at radius 2 is 2.02 bits per heavy atom. The number of aromatic nitrogens is 2. The van der Waals surface area contributed by atoms with Crippen LogP contribution in [0.3, 0.4) is 0 Å². The first-order valence-corrected chi connectivity index (χ1v) is 14.6. The number of hydrogen-bond donors (Lipinski definition) is 3. The first-order chi connectivity index (χ1) is 20.3. The van der Waals surface area contributed by atoms with Gasteiger partial charge in [-0.3, -0.25) is 9.78 Å². The molecule has 10 nitrogen and oxygen atoms in total. The molecule has 4 rings (SSSR count). The molecule has 12 heteroatoms. The molecule has 3 heterocycles. The Balaban J connectivity index is 1.34. The third-order valence-electron chi connectivity index (χ3n) is 8.16. The molecule has 0 spiro atoms. The highest BCUT2D eigenvalue weighted by Crippen LogP contribution is 2.52. The van der Waals surface area contributed by atoms with Crippen LogP contribution in [0.25, 0.3) is 0 Å². The highest BCUT2D eigenvalue weighted by molar-refractivity contribution is 5.94. The van der Waals surface area contributed by atoms with Gasteiger partial charge in [0.25, 0.3) is 0 Å². The van der Waals surface area contributed by atoms with Crippen molar-refractivity contribution in [1.82, 2.24) is 20.2 Å². The number of pyridine rings is 2. The molecular formula is C30H41F2N5O5. The second-order valence-corrected chi connectivity index (χ2v) is 11.0. The molecule has 2 aromatic rings. The molecule has 0 radical (unpaired) electrons. The standard InChI is InChI=1S/C30H41F2N5O5/c1-41-22(16-31)19-37(14-4-3-7-21-9-8-20-6-5-13-34-27(20)35-21)15-10-24(28(38)39)36-29(40)30(11-12-30)26-23(32)17-33-18-25(26)42-2/h8-9,17-18,22,24H,3-7,10-16,19H2,1-2H3,(H,34,35)(H,36,40)(H,38,39). The molecule has 1 aliphatic heterocycles. The summed E-state index contributed by atoms with van der Waals surface area (Å²) in [6, 6.07) is 2.99. The van der Waals surface area contributed by atoms with Gasteiger partial charge in [0.1, 0.15) is 30.1 Å². The number of aryl methyl sites for hydroxylation is 2. The van der Waals surface area contributed by atoms with Crippen LogP contribution in [0.15, 0.2) is 24.5 Å². The lowest BCUT2D eigenvalue weighted by atomic mass is 9.94.